The van der Waals surface area contributed by atoms with Crippen molar-refractivity contribution in [2.75, 3.05) is 6.54 Å². The van der Waals surface area contributed by atoms with Crippen LogP contribution in [0, 0.1) is 16.7 Å². The highest BCUT2D eigenvalue weighted by Crippen LogP contribution is 2.37. The summed E-state index contributed by atoms with van der Waals surface area (Å²) in [5.74, 6) is -0.0393. The fourth-order valence-electron chi connectivity index (χ4n) is 2.89. The summed E-state index contributed by atoms with van der Waals surface area (Å²) in [6.45, 7) is 5.40. The minimum Gasteiger partial charge on any atom is -0.312 e. The summed E-state index contributed by atoms with van der Waals surface area (Å²) in [5.41, 5.74) is 1.49. The zero-order valence-electron chi connectivity index (χ0n) is 11.3. The molecule has 1 saturated carbocycles. The van der Waals surface area contributed by atoms with Crippen molar-refractivity contribution < 1.29 is 0 Å². The maximum absolute atomic E-state index is 9.29. The molecule has 0 aliphatic heterocycles. The van der Waals surface area contributed by atoms with Gasteiger partial charge in [-0.3, -0.25) is 0 Å². The highest BCUT2D eigenvalue weighted by atomic mass is 14.9. The number of nitriles is 1. The van der Waals surface area contributed by atoms with Gasteiger partial charge in [-0.15, -0.1) is 0 Å². The highest BCUT2D eigenvalue weighted by molar-refractivity contribution is 5.25. The average Bonchev–Trinajstić information content (AvgIpc) is 2.71. The molecule has 1 aliphatic carbocycles. The summed E-state index contributed by atoms with van der Waals surface area (Å²) in [5, 5.41) is 12.9. The molecule has 0 spiro atoms. The molecule has 1 aliphatic rings. The SMILES string of the molecule is CC1(C)CCCC1NCC(C#N)c1ccccc1. The Morgan fingerprint density at radius 1 is 1.39 bits per heavy atom. The van der Waals surface area contributed by atoms with Crippen LogP contribution in [-0.4, -0.2) is 12.6 Å². The lowest BCUT2D eigenvalue weighted by Crippen LogP contribution is -2.39. The van der Waals surface area contributed by atoms with Crippen LogP contribution in [0.3, 0.4) is 0 Å². The molecule has 2 unspecified atom stereocenters. The Balaban J connectivity index is 1.95. The first-order valence-electron chi connectivity index (χ1n) is 6.81. The second-order valence-electron chi connectivity index (χ2n) is 5.93. The van der Waals surface area contributed by atoms with Crippen LogP contribution < -0.4 is 5.32 Å². The first-order chi connectivity index (χ1) is 8.63. The number of benzene rings is 1. The summed E-state index contributed by atoms with van der Waals surface area (Å²) >= 11 is 0. The third-order valence-electron chi connectivity index (χ3n) is 4.18. The van der Waals surface area contributed by atoms with Gasteiger partial charge in [-0.25, -0.2) is 0 Å². The molecule has 96 valence electrons. The van der Waals surface area contributed by atoms with Crippen molar-refractivity contribution >= 4 is 0 Å². The molecule has 1 N–H and O–H groups in total. The molecule has 1 aromatic carbocycles. The Labute approximate surface area is 110 Å². The third-order valence-corrected chi connectivity index (χ3v) is 4.18. The molecule has 0 saturated heterocycles. The maximum atomic E-state index is 9.29. The summed E-state index contributed by atoms with van der Waals surface area (Å²) in [6, 6.07) is 13.0. The van der Waals surface area contributed by atoms with Gasteiger partial charge in [0.15, 0.2) is 0 Å². The fourth-order valence-corrected chi connectivity index (χ4v) is 2.89. The molecule has 2 rings (SSSR count). The third kappa shape index (κ3) is 2.91. The summed E-state index contributed by atoms with van der Waals surface area (Å²) in [7, 11) is 0. The normalized spacial score (nSPS) is 23.5. The van der Waals surface area contributed by atoms with Crippen molar-refractivity contribution in [1.29, 1.82) is 5.26 Å². The molecular weight excluding hydrogens is 220 g/mol. The van der Waals surface area contributed by atoms with E-state index in [0.717, 1.165) is 12.1 Å². The van der Waals surface area contributed by atoms with E-state index in [4.69, 9.17) is 0 Å². The largest absolute Gasteiger partial charge is 0.312 e. The molecule has 0 radical (unpaired) electrons. The highest BCUT2D eigenvalue weighted by Gasteiger charge is 2.34. The molecule has 0 amide bonds. The molecule has 18 heavy (non-hydrogen) atoms. The van der Waals surface area contributed by atoms with Gasteiger partial charge in [-0.1, -0.05) is 50.6 Å². The van der Waals surface area contributed by atoms with E-state index < -0.39 is 0 Å². The van der Waals surface area contributed by atoms with Crippen molar-refractivity contribution in [2.45, 2.75) is 45.1 Å². The molecule has 0 aromatic heterocycles. The van der Waals surface area contributed by atoms with Gasteiger partial charge in [0.25, 0.3) is 0 Å². The molecule has 0 bridgehead atoms. The van der Waals surface area contributed by atoms with Crippen molar-refractivity contribution in [3.63, 3.8) is 0 Å². The van der Waals surface area contributed by atoms with Crippen LogP contribution in [0.4, 0.5) is 0 Å². The Hall–Kier alpha value is -1.33. The Kier molecular flexibility index (Phi) is 4.04. The lowest BCUT2D eigenvalue weighted by molar-refractivity contribution is 0.283. The number of nitrogens with one attached hydrogen (secondary N) is 1. The van der Waals surface area contributed by atoms with E-state index >= 15 is 0 Å². The van der Waals surface area contributed by atoms with Gasteiger partial charge in [-0.2, -0.15) is 5.26 Å². The lowest BCUT2D eigenvalue weighted by Gasteiger charge is -2.28. The quantitative estimate of drug-likeness (QED) is 0.877. The molecule has 1 fully saturated rings. The Morgan fingerprint density at radius 2 is 2.11 bits per heavy atom. The zero-order valence-corrected chi connectivity index (χ0v) is 11.3. The summed E-state index contributed by atoms with van der Waals surface area (Å²) < 4.78 is 0. The van der Waals surface area contributed by atoms with Crippen LogP contribution in [0.5, 0.6) is 0 Å². The standard InChI is InChI=1S/C16H22N2/c1-16(2)10-6-9-15(16)18-12-14(11-17)13-7-4-3-5-8-13/h3-5,7-8,14-15,18H,6,9-10,12H2,1-2H3. The summed E-state index contributed by atoms with van der Waals surface area (Å²) in [6.07, 6.45) is 3.82. The Bertz CT molecular complexity index is 416. The van der Waals surface area contributed by atoms with Gasteiger partial charge in [0.1, 0.15) is 0 Å². The molecule has 2 atom stereocenters. The van der Waals surface area contributed by atoms with Crippen molar-refractivity contribution in [1.82, 2.24) is 5.32 Å². The monoisotopic (exact) mass is 242 g/mol. The zero-order chi connectivity index (χ0) is 13.0. The summed E-state index contributed by atoms with van der Waals surface area (Å²) in [4.78, 5) is 0. The van der Waals surface area contributed by atoms with Crippen LogP contribution in [0.1, 0.15) is 44.6 Å². The van der Waals surface area contributed by atoms with Crippen molar-refractivity contribution in [3.8, 4) is 6.07 Å². The Morgan fingerprint density at radius 3 is 2.67 bits per heavy atom. The van der Waals surface area contributed by atoms with E-state index in [9.17, 15) is 5.26 Å². The van der Waals surface area contributed by atoms with Crippen LogP contribution in [0.2, 0.25) is 0 Å². The first-order valence-corrected chi connectivity index (χ1v) is 6.81. The minimum atomic E-state index is -0.0393. The van der Waals surface area contributed by atoms with Gasteiger partial charge in [0.05, 0.1) is 12.0 Å². The molecule has 2 heteroatoms. The van der Waals surface area contributed by atoms with Crippen LogP contribution in [0.25, 0.3) is 0 Å². The second-order valence-corrected chi connectivity index (χ2v) is 5.93. The van der Waals surface area contributed by atoms with Crippen LogP contribution >= 0.6 is 0 Å². The van der Waals surface area contributed by atoms with Gasteiger partial charge in [0, 0.05) is 12.6 Å². The van der Waals surface area contributed by atoms with E-state index in [0.29, 0.717) is 11.5 Å². The van der Waals surface area contributed by atoms with Gasteiger partial charge < -0.3 is 5.32 Å². The van der Waals surface area contributed by atoms with E-state index in [-0.39, 0.29) is 5.92 Å². The number of rotatable bonds is 4. The van der Waals surface area contributed by atoms with E-state index in [1.165, 1.54) is 19.3 Å². The molecular formula is C16H22N2. The van der Waals surface area contributed by atoms with Crippen molar-refractivity contribution in [3.05, 3.63) is 35.9 Å². The van der Waals surface area contributed by atoms with Crippen LogP contribution in [0.15, 0.2) is 30.3 Å². The minimum absolute atomic E-state index is 0.0393. The predicted octanol–water partition coefficient (Wildman–Crippen LogP) is 3.46. The molecule has 0 heterocycles. The van der Waals surface area contributed by atoms with Crippen molar-refractivity contribution in [2.24, 2.45) is 5.41 Å². The molecule has 2 nitrogen and oxygen atoms in total. The number of nitrogens with zero attached hydrogens (tertiary/aromatic N) is 1. The van der Waals surface area contributed by atoms with Gasteiger partial charge >= 0.3 is 0 Å². The van der Waals surface area contributed by atoms with Gasteiger partial charge in [0.2, 0.25) is 0 Å². The van der Waals surface area contributed by atoms with E-state index in [1.807, 2.05) is 30.3 Å². The predicted molar refractivity (Wildman–Crippen MR) is 74.2 cm³/mol. The second kappa shape index (κ2) is 5.54. The number of hydrogen-bond donors (Lipinski definition) is 1. The maximum Gasteiger partial charge on any atom is 0.0837 e. The van der Waals surface area contributed by atoms with E-state index in [1.54, 1.807) is 0 Å². The van der Waals surface area contributed by atoms with E-state index in [2.05, 4.69) is 25.2 Å². The topological polar surface area (TPSA) is 35.8 Å². The van der Waals surface area contributed by atoms with Crippen LogP contribution in [-0.2, 0) is 0 Å². The molecule has 1 aromatic rings. The smallest absolute Gasteiger partial charge is 0.0837 e. The number of hydrogen-bond acceptors (Lipinski definition) is 2. The van der Waals surface area contributed by atoms with Gasteiger partial charge in [-0.05, 0) is 23.8 Å². The lowest BCUT2D eigenvalue weighted by atomic mass is 9.87. The average molecular weight is 242 g/mol. The first kappa shape index (κ1) is 13.1. The fraction of sp³-hybridized carbons (Fsp3) is 0.562.